The molecule has 0 bridgehead atoms. The minimum absolute atomic E-state index is 0.105. The number of amides is 2. The Hall–Kier alpha value is -3.58. The van der Waals surface area contributed by atoms with Crippen LogP contribution in [0.1, 0.15) is 17.5 Å². The molecule has 7 heteroatoms. The third-order valence-electron chi connectivity index (χ3n) is 5.48. The Morgan fingerprint density at radius 1 is 1.09 bits per heavy atom. The molecule has 1 saturated heterocycles. The molecular formula is C27H27N3O3S. The maximum atomic E-state index is 13.2. The highest BCUT2D eigenvalue weighted by Crippen LogP contribution is 2.30. The summed E-state index contributed by atoms with van der Waals surface area (Å²) in [6.45, 7) is 2.47. The lowest BCUT2D eigenvalue weighted by molar-refractivity contribution is -0.129. The molecule has 1 fully saturated rings. The molecule has 6 nitrogen and oxygen atoms in total. The fourth-order valence-corrected chi connectivity index (χ4v) is 4.78. The van der Waals surface area contributed by atoms with E-state index >= 15 is 0 Å². The van der Waals surface area contributed by atoms with Crippen molar-refractivity contribution in [2.24, 2.45) is 4.99 Å². The summed E-state index contributed by atoms with van der Waals surface area (Å²) in [6, 6.07) is 25.0. The van der Waals surface area contributed by atoms with E-state index in [0.717, 1.165) is 22.6 Å². The smallest absolute Gasteiger partial charge is 0.238 e. The van der Waals surface area contributed by atoms with Crippen molar-refractivity contribution in [2.75, 3.05) is 19.0 Å². The van der Waals surface area contributed by atoms with Crippen LogP contribution in [-0.2, 0) is 16.0 Å². The minimum atomic E-state index is -0.557. The third kappa shape index (κ3) is 6.05. The van der Waals surface area contributed by atoms with Gasteiger partial charge in [0.15, 0.2) is 5.17 Å². The number of carbonyl (C=O) groups is 2. The number of carbonyl (C=O) groups excluding carboxylic acids is 2. The highest BCUT2D eigenvalue weighted by molar-refractivity contribution is 8.15. The normalized spacial score (nSPS) is 17.0. The number of nitrogens with zero attached hydrogens (tertiary/aromatic N) is 2. The predicted molar refractivity (Wildman–Crippen MR) is 138 cm³/mol. The van der Waals surface area contributed by atoms with Gasteiger partial charge in [-0.1, -0.05) is 54.2 Å². The Balaban J connectivity index is 1.55. The van der Waals surface area contributed by atoms with Crippen LogP contribution in [-0.4, -0.2) is 40.8 Å². The molecule has 0 aromatic heterocycles. The second-order valence-electron chi connectivity index (χ2n) is 8.04. The Morgan fingerprint density at radius 3 is 2.56 bits per heavy atom. The molecule has 4 rings (SSSR count). The van der Waals surface area contributed by atoms with E-state index in [4.69, 9.17) is 9.73 Å². The molecule has 0 saturated carbocycles. The SMILES string of the molecule is COc1ccc(N=C2SC(C(=O)Nc3cccc(C)c3)CC(=O)N2CCc2ccccc2)cc1. The van der Waals surface area contributed by atoms with Gasteiger partial charge in [0.1, 0.15) is 11.0 Å². The van der Waals surface area contributed by atoms with Gasteiger partial charge in [0, 0.05) is 18.7 Å². The van der Waals surface area contributed by atoms with Crippen molar-refractivity contribution in [1.29, 1.82) is 0 Å². The maximum Gasteiger partial charge on any atom is 0.238 e. The molecule has 3 aromatic carbocycles. The number of anilines is 1. The molecule has 0 radical (unpaired) electrons. The number of amidine groups is 1. The average molecular weight is 474 g/mol. The number of rotatable bonds is 7. The summed E-state index contributed by atoms with van der Waals surface area (Å²) < 4.78 is 5.23. The van der Waals surface area contributed by atoms with Crippen LogP contribution in [0.3, 0.4) is 0 Å². The van der Waals surface area contributed by atoms with Crippen LogP contribution in [0.5, 0.6) is 5.75 Å². The largest absolute Gasteiger partial charge is 0.497 e. The lowest BCUT2D eigenvalue weighted by atomic mass is 10.1. The Kier molecular flexibility index (Phi) is 7.65. The van der Waals surface area contributed by atoms with Gasteiger partial charge < -0.3 is 10.1 Å². The van der Waals surface area contributed by atoms with Crippen LogP contribution in [0.4, 0.5) is 11.4 Å². The standard InChI is InChI=1S/C27H27N3O3S/c1-19-7-6-10-22(17-19)28-26(32)24-18-25(31)30(16-15-20-8-4-3-5-9-20)27(34-24)29-21-11-13-23(33-2)14-12-21/h3-14,17,24H,15-16,18H2,1-2H3,(H,28,32). The van der Waals surface area contributed by atoms with Gasteiger partial charge in [-0.05, 0) is 60.9 Å². The van der Waals surface area contributed by atoms with Crippen molar-refractivity contribution in [3.05, 3.63) is 90.0 Å². The van der Waals surface area contributed by atoms with Crippen molar-refractivity contribution < 1.29 is 14.3 Å². The lowest BCUT2D eigenvalue weighted by Crippen LogP contribution is -2.46. The molecule has 1 atom stereocenters. The number of benzene rings is 3. The van der Waals surface area contributed by atoms with Gasteiger partial charge in [-0.25, -0.2) is 4.99 Å². The number of hydrogen-bond donors (Lipinski definition) is 1. The predicted octanol–water partition coefficient (Wildman–Crippen LogP) is 5.21. The highest BCUT2D eigenvalue weighted by atomic mass is 32.2. The summed E-state index contributed by atoms with van der Waals surface area (Å²) in [6.07, 6.45) is 0.827. The summed E-state index contributed by atoms with van der Waals surface area (Å²) in [5, 5.41) is 2.92. The zero-order valence-electron chi connectivity index (χ0n) is 19.2. The van der Waals surface area contributed by atoms with Gasteiger partial charge in [0.2, 0.25) is 11.8 Å². The minimum Gasteiger partial charge on any atom is -0.497 e. The fraction of sp³-hybridized carbons (Fsp3) is 0.222. The molecule has 174 valence electrons. The number of aliphatic imine (C=N–C) groups is 1. The molecule has 1 unspecified atom stereocenters. The van der Waals surface area contributed by atoms with Crippen LogP contribution >= 0.6 is 11.8 Å². The van der Waals surface area contributed by atoms with Crippen molar-refractivity contribution in [2.45, 2.75) is 25.0 Å². The van der Waals surface area contributed by atoms with Gasteiger partial charge in [-0.3, -0.25) is 14.5 Å². The van der Waals surface area contributed by atoms with Gasteiger partial charge in [-0.15, -0.1) is 0 Å². The van der Waals surface area contributed by atoms with Gasteiger partial charge >= 0.3 is 0 Å². The number of nitrogens with one attached hydrogen (secondary N) is 1. The molecule has 1 aliphatic rings. The first-order chi connectivity index (χ1) is 16.5. The third-order valence-corrected chi connectivity index (χ3v) is 6.67. The Morgan fingerprint density at radius 2 is 1.85 bits per heavy atom. The molecule has 1 heterocycles. The van der Waals surface area contributed by atoms with Crippen molar-refractivity contribution >= 4 is 40.1 Å². The maximum absolute atomic E-state index is 13.2. The van der Waals surface area contributed by atoms with E-state index in [-0.39, 0.29) is 18.2 Å². The van der Waals surface area contributed by atoms with Crippen LogP contribution in [0.2, 0.25) is 0 Å². The molecule has 34 heavy (non-hydrogen) atoms. The van der Waals surface area contributed by atoms with Crippen LogP contribution in [0, 0.1) is 6.92 Å². The zero-order valence-corrected chi connectivity index (χ0v) is 20.0. The number of ether oxygens (including phenoxy) is 1. The molecule has 2 amide bonds. The number of aryl methyl sites for hydroxylation is 1. The molecule has 3 aromatic rings. The van der Waals surface area contributed by atoms with Gasteiger partial charge in [0.25, 0.3) is 0 Å². The van der Waals surface area contributed by atoms with E-state index in [9.17, 15) is 9.59 Å². The monoisotopic (exact) mass is 473 g/mol. The van der Waals surface area contributed by atoms with Crippen molar-refractivity contribution in [1.82, 2.24) is 4.90 Å². The van der Waals surface area contributed by atoms with E-state index in [0.29, 0.717) is 23.8 Å². The molecular weight excluding hydrogens is 446 g/mol. The highest BCUT2D eigenvalue weighted by Gasteiger charge is 2.35. The summed E-state index contributed by atoms with van der Waals surface area (Å²) in [7, 11) is 1.61. The molecule has 0 spiro atoms. The van der Waals surface area contributed by atoms with E-state index in [1.807, 2.05) is 85.8 Å². The first-order valence-corrected chi connectivity index (χ1v) is 12.0. The molecule has 1 N–H and O–H groups in total. The van der Waals surface area contributed by atoms with Crippen molar-refractivity contribution in [3.8, 4) is 5.75 Å². The second-order valence-corrected chi connectivity index (χ2v) is 9.21. The van der Waals surface area contributed by atoms with Crippen LogP contribution in [0.15, 0.2) is 83.9 Å². The topological polar surface area (TPSA) is 71.0 Å². The number of methoxy groups -OCH3 is 1. The number of thioether (sulfide) groups is 1. The fourth-order valence-electron chi connectivity index (χ4n) is 3.66. The van der Waals surface area contributed by atoms with Gasteiger partial charge in [0.05, 0.1) is 12.8 Å². The van der Waals surface area contributed by atoms with E-state index in [1.54, 1.807) is 12.0 Å². The van der Waals surface area contributed by atoms with Crippen LogP contribution < -0.4 is 10.1 Å². The average Bonchev–Trinajstić information content (AvgIpc) is 2.84. The van der Waals surface area contributed by atoms with E-state index in [2.05, 4.69) is 5.32 Å². The summed E-state index contributed by atoms with van der Waals surface area (Å²) >= 11 is 1.33. The molecule has 1 aliphatic heterocycles. The zero-order chi connectivity index (χ0) is 23.9. The first-order valence-electron chi connectivity index (χ1n) is 11.1. The Bertz CT molecular complexity index is 1180. The van der Waals surface area contributed by atoms with Crippen LogP contribution in [0.25, 0.3) is 0 Å². The lowest BCUT2D eigenvalue weighted by Gasteiger charge is -2.32. The summed E-state index contributed by atoms with van der Waals surface area (Å²) in [4.78, 5) is 32.6. The van der Waals surface area contributed by atoms with E-state index in [1.165, 1.54) is 11.8 Å². The van der Waals surface area contributed by atoms with Crippen molar-refractivity contribution in [3.63, 3.8) is 0 Å². The van der Waals surface area contributed by atoms with E-state index < -0.39 is 5.25 Å². The quantitative estimate of drug-likeness (QED) is 0.512. The first kappa shape index (κ1) is 23.6. The Labute approximate surface area is 204 Å². The van der Waals surface area contributed by atoms with Gasteiger partial charge in [-0.2, -0.15) is 0 Å². The number of hydrogen-bond acceptors (Lipinski definition) is 5. The summed E-state index contributed by atoms with van der Waals surface area (Å²) in [5.74, 6) is 0.424. The second kappa shape index (κ2) is 11.0. The summed E-state index contributed by atoms with van der Waals surface area (Å²) in [5.41, 5.74) is 3.61. The molecule has 0 aliphatic carbocycles.